The van der Waals surface area contributed by atoms with E-state index in [1.165, 1.54) is 25.9 Å². The summed E-state index contributed by atoms with van der Waals surface area (Å²) < 4.78 is 0. The zero-order valence-electron chi connectivity index (χ0n) is 20.7. The maximum absolute atomic E-state index is 13.8. The lowest BCUT2D eigenvalue weighted by Crippen LogP contribution is -2.44. The molecule has 178 valence electrons. The molecule has 0 unspecified atom stereocenters. The highest BCUT2D eigenvalue weighted by molar-refractivity contribution is 6.15. The summed E-state index contributed by atoms with van der Waals surface area (Å²) in [5.41, 5.74) is 7.74. The van der Waals surface area contributed by atoms with Gasteiger partial charge in [-0.15, -0.1) is 6.42 Å². The molecule has 5 heteroatoms. The quantitative estimate of drug-likeness (QED) is 0.650. The van der Waals surface area contributed by atoms with Crippen LogP contribution in [0.2, 0.25) is 0 Å². The number of benzene rings is 1. The lowest BCUT2D eigenvalue weighted by molar-refractivity contribution is 0.103. The number of anilines is 1. The summed E-state index contributed by atoms with van der Waals surface area (Å²) in [5.74, 6) is 2.95. The van der Waals surface area contributed by atoms with E-state index in [0.29, 0.717) is 18.9 Å². The van der Waals surface area contributed by atoms with Crippen molar-refractivity contribution in [2.45, 2.75) is 63.8 Å². The molecular weight excluding hydrogens is 432 g/mol. The molecule has 2 aliphatic carbocycles. The van der Waals surface area contributed by atoms with Gasteiger partial charge in [0, 0.05) is 58.2 Å². The Morgan fingerprint density at radius 3 is 2.54 bits per heavy atom. The summed E-state index contributed by atoms with van der Waals surface area (Å²) in [7, 11) is 0. The number of aromatic amines is 1. The third kappa shape index (κ3) is 3.37. The first-order valence-corrected chi connectivity index (χ1v) is 13.0. The summed E-state index contributed by atoms with van der Waals surface area (Å²) in [4.78, 5) is 22.5. The number of nitriles is 1. The van der Waals surface area contributed by atoms with Crippen molar-refractivity contribution < 1.29 is 4.79 Å². The van der Waals surface area contributed by atoms with Crippen molar-refractivity contribution in [2.24, 2.45) is 0 Å². The number of nitrogens with one attached hydrogen (secondary N) is 1. The summed E-state index contributed by atoms with van der Waals surface area (Å²) in [6.45, 7) is 8.84. The zero-order valence-corrected chi connectivity index (χ0v) is 20.7. The topological polar surface area (TPSA) is 63.1 Å². The highest BCUT2D eigenvalue weighted by atomic mass is 16.1. The molecule has 0 radical (unpaired) electrons. The Morgan fingerprint density at radius 1 is 1.11 bits per heavy atom. The standard InChI is InChI=1S/C30H32N4O/c1-4-20-16-23-24(17-26(20)34-13-9-21(10-14-34)33-11-5-6-12-33)30(2,3)29-27(28(23)35)22-8-7-19(18-31)15-25(22)32-29/h1,15-17,21,32H,5-14H2,2-3H3. The second-order valence-corrected chi connectivity index (χ2v) is 11.0. The SMILES string of the molecule is C#Cc1cc2c(cc1N1CCC(N3CCCC3)CC1)C(C)(C)c1[nH]c3c(c1C2=O)CCC(C#N)=C3. The van der Waals surface area contributed by atoms with Crippen LogP contribution in [-0.2, 0) is 11.8 Å². The molecule has 0 bridgehead atoms. The van der Waals surface area contributed by atoms with Crippen molar-refractivity contribution in [3.05, 3.63) is 56.9 Å². The van der Waals surface area contributed by atoms with Gasteiger partial charge in [0.1, 0.15) is 0 Å². The van der Waals surface area contributed by atoms with Gasteiger partial charge in [0.25, 0.3) is 0 Å². The molecule has 1 aromatic carbocycles. The minimum absolute atomic E-state index is 0.0522. The zero-order chi connectivity index (χ0) is 24.3. The molecule has 2 aromatic rings. The van der Waals surface area contributed by atoms with Crippen LogP contribution in [0.3, 0.4) is 0 Å². The van der Waals surface area contributed by atoms with E-state index in [-0.39, 0.29) is 11.2 Å². The normalized spacial score (nSPS) is 21.5. The number of terminal acetylenes is 1. The molecule has 35 heavy (non-hydrogen) atoms. The number of H-pyrrole nitrogens is 1. The largest absolute Gasteiger partial charge is 0.370 e. The van der Waals surface area contributed by atoms with E-state index in [1.807, 2.05) is 12.1 Å². The third-order valence-corrected chi connectivity index (χ3v) is 8.77. The Labute approximate surface area is 207 Å². The van der Waals surface area contributed by atoms with Gasteiger partial charge in [-0.05, 0) is 81.0 Å². The molecule has 0 spiro atoms. The number of likely N-dealkylation sites (tertiary alicyclic amines) is 1. The first-order valence-electron chi connectivity index (χ1n) is 13.0. The number of carbonyl (C=O) groups is 1. The summed E-state index contributed by atoms with van der Waals surface area (Å²) >= 11 is 0. The van der Waals surface area contributed by atoms with Gasteiger partial charge >= 0.3 is 0 Å². The molecule has 1 N–H and O–H groups in total. The number of piperidine rings is 1. The summed E-state index contributed by atoms with van der Waals surface area (Å²) in [6, 6.07) is 7.11. The molecule has 0 saturated carbocycles. The number of hydrogen-bond acceptors (Lipinski definition) is 4. The lowest BCUT2D eigenvalue weighted by atomic mass is 9.70. The minimum Gasteiger partial charge on any atom is -0.370 e. The number of aromatic nitrogens is 1. The third-order valence-electron chi connectivity index (χ3n) is 8.77. The second kappa shape index (κ2) is 8.14. The van der Waals surface area contributed by atoms with Gasteiger partial charge in [-0.3, -0.25) is 4.79 Å². The van der Waals surface area contributed by atoms with Crippen molar-refractivity contribution in [1.82, 2.24) is 9.88 Å². The van der Waals surface area contributed by atoms with E-state index in [2.05, 4.69) is 46.7 Å². The van der Waals surface area contributed by atoms with E-state index in [4.69, 9.17) is 6.42 Å². The Morgan fingerprint density at radius 2 is 1.86 bits per heavy atom. The van der Waals surface area contributed by atoms with Crippen LogP contribution < -0.4 is 4.90 Å². The van der Waals surface area contributed by atoms with E-state index in [1.54, 1.807) is 0 Å². The molecular formula is C30H32N4O. The Hall–Kier alpha value is -3.28. The summed E-state index contributed by atoms with van der Waals surface area (Å²) in [6.07, 6.45) is 14.3. The van der Waals surface area contributed by atoms with Gasteiger partial charge in [-0.2, -0.15) is 5.26 Å². The fourth-order valence-electron chi connectivity index (χ4n) is 6.77. The van der Waals surface area contributed by atoms with E-state index >= 15 is 0 Å². The van der Waals surface area contributed by atoms with E-state index < -0.39 is 0 Å². The Bertz CT molecular complexity index is 1330. The van der Waals surface area contributed by atoms with Crippen LogP contribution in [0, 0.1) is 23.7 Å². The molecule has 6 rings (SSSR count). The van der Waals surface area contributed by atoms with Crippen LogP contribution in [0.15, 0.2) is 17.7 Å². The molecule has 2 aliphatic heterocycles. The number of hydrogen-bond donors (Lipinski definition) is 1. The van der Waals surface area contributed by atoms with Crippen LogP contribution in [0.4, 0.5) is 5.69 Å². The fourth-order valence-corrected chi connectivity index (χ4v) is 6.77. The van der Waals surface area contributed by atoms with Crippen molar-refractivity contribution >= 4 is 17.5 Å². The highest BCUT2D eigenvalue weighted by Crippen LogP contribution is 2.46. The van der Waals surface area contributed by atoms with Crippen LogP contribution in [0.5, 0.6) is 0 Å². The van der Waals surface area contributed by atoms with Crippen molar-refractivity contribution in [2.75, 3.05) is 31.1 Å². The Kier molecular flexibility index (Phi) is 5.17. The molecule has 2 fully saturated rings. The average molecular weight is 465 g/mol. The van der Waals surface area contributed by atoms with Gasteiger partial charge in [0.15, 0.2) is 5.78 Å². The van der Waals surface area contributed by atoms with Gasteiger partial charge in [0.05, 0.1) is 11.8 Å². The predicted octanol–water partition coefficient (Wildman–Crippen LogP) is 4.78. The van der Waals surface area contributed by atoms with Gasteiger partial charge in [-0.1, -0.05) is 19.8 Å². The van der Waals surface area contributed by atoms with Gasteiger partial charge in [0.2, 0.25) is 0 Å². The number of fused-ring (bicyclic) bond motifs is 4. The first kappa shape index (κ1) is 22.2. The second-order valence-electron chi connectivity index (χ2n) is 11.0. The van der Waals surface area contributed by atoms with Crippen LogP contribution >= 0.6 is 0 Å². The van der Waals surface area contributed by atoms with E-state index in [9.17, 15) is 10.1 Å². The molecule has 3 heterocycles. The minimum atomic E-state index is -0.369. The summed E-state index contributed by atoms with van der Waals surface area (Å²) in [5, 5.41) is 9.38. The maximum atomic E-state index is 13.8. The van der Waals surface area contributed by atoms with Gasteiger partial charge in [-0.25, -0.2) is 0 Å². The molecule has 0 atom stereocenters. The number of allylic oxidation sites excluding steroid dienone is 1. The average Bonchev–Trinajstić information content (AvgIpc) is 3.55. The molecule has 4 aliphatic rings. The number of carbonyl (C=O) groups excluding carboxylic acids is 1. The Balaban J connectivity index is 1.38. The molecule has 0 amide bonds. The van der Waals surface area contributed by atoms with Crippen molar-refractivity contribution in [1.29, 1.82) is 5.26 Å². The highest BCUT2D eigenvalue weighted by Gasteiger charge is 2.42. The van der Waals surface area contributed by atoms with E-state index in [0.717, 1.165) is 76.4 Å². The van der Waals surface area contributed by atoms with Crippen molar-refractivity contribution in [3.8, 4) is 18.4 Å². The van der Waals surface area contributed by atoms with Crippen LogP contribution in [0.25, 0.3) is 6.08 Å². The monoisotopic (exact) mass is 464 g/mol. The predicted molar refractivity (Wildman–Crippen MR) is 139 cm³/mol. The molecule has 5 nitrogen and oxygen atoms in total. The number of nitrogens with zero attached hydrogens (tertiary/aromatic N) is 3. The van der Waals surface area contributed by atoms with Crippen LogP contribution in [0.1, 0.15) is 90.0 Å². The first-order chi connectivity index (χ1) is 16.9. The smallest absolute Gasteiger partial charge is 0.195 e. The lowest BCUT2D eigenvalue weighted by Gasteiger charge is -2.39. The maximum Gasteiger partial charge on any atom is 0.195 e. The number of rotatable bonds is 2. The van der Waals surface area contributed by atoms with Crippen LogP contribution in [-0.4, -0.2) is 47.9 Å². The fraction of sp³-hybridized carbons (Fsp3) is 0.467. The molecule has 1 aromatic heterocycles. The van der Waals surface area contributed by atoms with Crippen molar-refractivity contribution in [3.63, 3.8) is 0 Å². The molecule has 2 saturated heterocycles. The number of ketones is 1. The van der Waals surface area contributed by atoms with Gasteiger partial charge < -0.3 is 14.8 Å².